The number of nitrogens with one attached hydrogen (secondary N) is 3. The van der Waals surface area contributed by atoms with Crippen LogP contribution in [0.5, 0.6) is 11.5 Å². The lowest BCUT2D eigenvalue weighted by Crippen LogP contribution is -3.11. The third-order valence-corrected chi connectivity index (χ3v) is 5.88. The van der Waals surface area contributed by atoms with Crippen molar-refractivity contribution in [1.29, 1.82) is 0 Å². The first-order valence-corrected chi connectivity index (χ1v) is 10.3. The van der Waals surface area contributed by atoms with Gasteiger partial charge < -0.3 is 19.7 Å². The van der Waals surface area contributed by atoms with Crippen molar-refractivity contribution in [2.24, 2.45) is 0 Å². The van der Waals surface area contributed by atoms with Crippen LogP contribution in [0, 0.1) is 0 Å². The van der Waals surface area contributed by atoms with E-state index in [2.05, 4.69) is 10.6 Å². The number of likely N-dealkylation sites (tertiary alicyclic amines) is 1. The molecule has 2 fully saturated rings. The first kappa shape index (κ1) is 20.5. The quantitative estimate of drug-likeness (QED) is 0.689. The molecule has 1 aliphatic heterocycles. The summed E-state index contributed by atoms with van der Waals surface area (Å²) < 4.78 is 10.9. The standard InChI is InChI=1S/C21H31N3O4/c1-27-16-10-11-19(28-2)17(13-16)18-9-6-12-24(18)14-20(25)23-21(26)22-15-7-4-3-5-8-15/h10-11,13,15,18H,3-9,12,14H2,1-2H3,(H2,22,23,25,26)/p+1/t18-/m0/s1. The van der Waals surface area contributed by atoms with Gasteiger partial charge in [-0.05, 0) is 31.0 Å². The molecular formula is C21H32N3O4+. The van der Waals surface area contributed by atoms with Crippen molar-refractivity contribution >= 4 is 11.9 Å². The molecule has 1 saturated carbocycles. The summed E-state index contributed by atoms with van der Waals surface area (Å²) in [6.07, 6.45) is 7.50. The van der Waals surface area contributed by atoms with Gasteiger partial charge in [-0.25, -0.2) is 4.79 Å². The highest BCUT2D eigenvalue weighted by atomic mass is 16.5. The van der Waals surface area contributed by atoms with Gasteiger partial charge in [0.1, 0.15) is 17.5 Å². The molecule has 0 bridgehead atoms. The fraction of sp³-hybridized carbons (Fsp3) is 0.619. The summed E-state index contributed by atoms with van der Waals surface area (Å²) in [5.74, 6) is 1.34. The van der Waals surface area contributed by atoms with E-state index in [-0.39, 0.29) is 30.6 Å². The summed E-state index contributed by atoms with van der Waals surface area (Å²) in [5, 5.41) is 5.45. The largest absolute Gasteiger partial charge is 0.497 e. The van der Waals surface area contributed by atoms with Crippen molar-refractivity contribution in [2.45, 2.75) is 57.0 Å². The fourth-order valence-corrected chi connectivity index (χ4v) is 4.46. The fourth-order valence-electron chi connectivity index (χ4n) is 4.46. The maximum atomic E-state index is 12.5. The van der Waals surface area contributed by atoms with Crippen LogP contribution in [0.25, 0.3) is 0 Å². The van der Waals surface area contributed by atoms with E-state index in [0.717, 1.165) is 67.0 Å². The highest BCUT2D eigenvalue weighted by Gasteiger charge is 2.34. The maximum Gasteiger partial charge on any atom is 0.321 e. The lowest BCUT2D eigenvalue weighted by Gasteiger charge is -2.24. The van der Waals surface area contributed by atoms with Gasteiger partial charge in [-0.3, -0.25) is 10.1 Å². The van der Waals surface area contributed by atoms with Gasteiger partial charge in [0.15, 0.2) is 6.54 Å². The van der Waals surface area contributed by atoms with Crippen LogP contribution < -0.4 is 25.0 Å². The zero-order valence-electron chi connectivity index (χ0n) is 16.9. The van der Waals surface area contributed by atoms with Gasteiger partial charge in [0.25, 0.3) is 5.91 Å². The molecule has 0 radical (unpaired) electrons. The van der Waals surface area contributed by atoms with E-state index in [1.54, 1.807) is 14.2 Å². The van der Waals surface area contributed by atoms with Gasteiger partial charge in [0.2, 0.25) is 0 Å². The Bertz CT molecular complexity index is 688. The molecule has 2 aliphatic rings. The van der Waals surface area contributed by atoms with Crippen LogP contribution in [-0.4, -0.2) is 45.3 Å². The minimum absolute atomic E-state index is 0.150. The number of methoxy groups -OCH3 is 2. The van der Waals surface area contributed by atoms with E-state index in [9.17, 15) is 9.59 Å². The molecule has 154 valence electrons. The van der Waals surface area contributed by atoms with Crippen LogP contribution in [0.4, 0.5) is 4.79 Å². The number of amides is 3. The van der Waals surface area contributed by atoms with Gasteiger partial charge in [-0.15, -0.1) is 0 Å². The molecule has 7 nitrogen and oxygen atoms in total. The number of carbonyl (C=O) groups excluding carboxylic acids is 2. The Kier molecular flexibility index (Phi) is 7.14. The van der Waals surface area contributed by atoms with Crippen LogP contribution in [0.1, 0.15) is 56.6 Å². The Balaban J connectivity index is 1.58. The van der Waals surface area contributed by atoms with Crippen molar-refractivity contribution in [3.8, 4) is 11.5 Å². The maximum absolute atomic E-state index is 12.5. The van der Waals surface area contributed by atoms with Crippen molar-refractivity contribution < 1.29 is 24.0 Å². The number of quaternary nitrogens is 1. The number of urea groups is 1. The molecule has 1 aromatic carbocycles. The Morgan fingerprint density at radius 1 is 1.07 bits per heavy atom. The van der Waals surface area contributed by atoms with Crippen molar-refractivity contribution in [3.63, 3.8) is 0 Å². The van der Waals surface area contributed by atoms with Gasteiger partial charge in [0.05, 0.1) is 26.3 Å². The van der Waals surface area contributed by atoms with Gasteiger partial charge in [-0.1, -0.05) is 19.3 Å². The van der Waals surface area contributed by atoms with Crippen molar-refractivity contribution in [1.82, 2.24) is 10.6 Å². The molecule has 28 heavy (non-hydrogen) atoms. The second-order valence-corrected chi connectivity index (χ2v) is 7.74. The zero-order valence-corrected chi connectivity index (χ0v) is 16.9. The summed E-state index contributed by atoms with van der Waals surface area (Å²) in [6.45, 7) is 1.16. The third kappa shape index (κ3) is 5.16. The number of hydrogen-bond acceptors (Lipinski definition) is 4. The minimum atomic E-state index is -0.369. The second-order valence-electron chi connectivity index (χ2n) is 7.74. The Morgan fingerprint density at radius 2 is 1.86 bits per heavy atom. The predicted octanol–water partition coefficient (Wildman–Crippen LogP) is 1.58. The minimum Gasteiger partial charge on any atom is -0.497 e. The molecule has 1 aromatic rings. The van der Waals surface area contributed by atoms with Crippen molar-refractivity contribution in [2.75, 3.05) is 27.3 Å². The lowest BCUT2D eigenvalue weighted by molar-refractivity contribution is -0.910. The predicted molar refractivity (Wildman–Crippen MR) is 106 cm³/mol. The van der Waals surface area contributed by atoms with Gasteiger partial charge in [-0.2, -0.15) is 0 Å². The highest BCUT2D eigenvalue weighted by molar-refractivity contribution is 5.94. The second kappa shape index (κ2) is 9.78. The molecule has 1 unspecified atom stereocenters. The molecule has 3 rings (SSSR count). The van der Waals surface area contributed by atoms with E-state index >= 15 is 0 Å². The molecule has 1 saturated heterocycles. The number of ether oxygens (including phenoxy) is 2. The van der Waals surface area contributed by atoms with Crippen LogP contribution in [0.3, 0.4) is 0 Å². The summed E-state index contributed by atoms with van der Waals surface area (Å²) in [6, 6.07) is 5.74. The number of imide groups is 1. The molecule has 3 N–H and O–H groups in total. The number of benzene rings is 1. The molecule has 3 amide bonds. The van der Waals surface area contributed by atoms with Crippen molar-refractivity contribution in [3.05, 3.63) is 23.8 Å². The SMILES string of the molecule is COc1ccc(OC)c([C@@H]2CCC[NH+]2CC(=O)NC(=O)NC2CCCCC2)c1. The first-order valence-electron chi connectivity index (χ1n) is 10.3. The molecule has 0 aromatic heterocycles. The molecule has 1 heterocycles. The lowest BCUT2D eigenvalue weighted by atomic mass is 9.96. The van der Waals surface area contributed by atoms with E-state index in [4.69, 9.17) is 9.47 Å². The Labute approximate surface area is 166 Å². The topological polar surface area (TPSA) is 81.1 Å². The summed E-state index contributed by atoms with van der Waals surface area (Å²) in [5.41, 5.74) is 1.05. The van der Waals surface area contributed by atoms with Crippen LogP contribution in [0.15, 0.2) is 18.2 Å². The molecule has 7 heteroatoms. The third-order valence-electron chi connectivity index (χ3n) is 5.88. The number of hydrogen-bond donors (Lipinski definition) is 3. The van der Waals surface area contributed by atoms with Crippen LogP contribution >= 0.6 is 0 Å². The van der Waals surface area contributed by atoms with Crippen LogP contribution in [0.2, 0.25) is 0 Å². The van der Waals surface area contributed by atoms with E-state index in [0.29, 0.717) is 0 Å². The summed E-state index contributed by atoms with van der Waals surface area (Å²) in [4.78, 5) is 25.7. The average Bonchev–Trinajstić information content (AvgIpc) is 3.15. The van der Waals surface area contributed by atoms with E-state index < -0.39 is 0 Å². The molecular weight excluding hydrogens is 358 g/mol. The zero-order chi connectivity index (χ0) is 19.9. The summed E-state index contributed by atoms with van der Waals surface area (Å²) >= 11 is 0. The monoisotopic (exact) mass is 390 g/mol. The van der Waals surface area contributed by atoms with Crippen LogP contribution in [-0.2, 0) is 4.79 Å². The first-order chi connectivity index (χ1) is 13.6. The number of carbonyl (C=O) groups is 2. The molecule has 2 atom stereocenters. The summed E-state index contributed by atoms with van der Waals surface area (Å²) in [7, 11) is 3.30. The van der Waals surface area contributed by atoms with E-state index in [1.165, 1.54) is 6.42 Å². The molecule has 1 aliphatic carbocycles. The van der Waals surface area contributed by atoms with Gasteiger partial charge in [0, 0.05) is 18.9 Å². The molecule has 0 spiro atoms. The van der Waals surface area contributed by atoms with Gasteiger partial charge >= 0.3 is 6.03 Å². The Morgan fingerprint density at radius 3 is 2.57 bits per heavy atom. The number of rotatable bonds is 6. The normalized spacial score (nSPS) is 22.5. The average molecular weight is 391 g/mol. The van der Waals surface area contributed by atoms with E-state index in [1.807, 2.05) is 18.2 Å². The smallest absolute Gasteiger partial charge is 0.321 e. The Hall–Kier alpha value is -2.28. The highest BCUT2D eigenvalue weighted by Crippen LogP contribution is 2.31.